The summed E-state index contributed by atoms with van der Waals surface area (Å²) in [5.74, 6) is 0.551. The highest BCUT2D eigenvalue weighted by Gasteiger charge is 2.14. The van der Waals surface area contributed by atoms with Gasteiger partial charge in [-0.1, -0.05) is 19.1 Å². The van der Waals surface area contributed by atoms with Gasteiger partial charge in [0, 0.05) is 11.9 Å². The first-order chi connectivity index (χ1) is 9.11. The summed E-state index contributed by atoms with van der Waals surface area (Å²) < 4.78 is 6.43. The van der Waals surface area contributed by atoms with Gasteiger partial charge >= 0.3 is 0 Å². The highest BCUT2D eigenvalue weighted by atomic mass is 79.9. The molecule has 0 saturated carbocycles. The van der Waals surface area contributed by atoms with Crippen LogP contribution in [0.25, 0.3) is 11.0 Å². The molecule has 2 aromatic rings. The first-order valence-corrected chi connectivity index (χ1v) is 7.02. The van der Waals surface area contributed by atoms with E-state index in [0.29, 0.717) is 23.8 Å². The molecule has 0 aliphatic heterocycles. The molecule has 0 bridgehead atoms. The molecule has 4 nitrogen and oxygen atoms in total. The van der Waals surface area contributed by atoms with Crippen molar-refractivity contribution in [2.24, 2.45) is 5.92 Å². The second-order valence-electron chi connectivity index (χ2n) is 4.64. The van der Waals surface area contributed by atoms with E-state index in [2.05, 4.69) is 33.5 Å². The molecule has 5 heteroatoms. The molecule has 0 fully saturated rings. The van der Waals surface area contributed by atoms with Crippen molar-refractivity contribution >= 4 is 32.8 Å². The quantitative estimate of drug-likeness (QED) is 0.889. The molecule has 19 heavy (non-hydrogen) atoms. The molecule has 1 amide bonds. The lowest BCUT2D eigenvalue weighted by molar-refractivity contribution is 0.0922. The number of carbonyl (C=O) groups excluding carboxylic acids is 1. The SMILES string of the molecule is CNCC(C)CNC(=O)c1cc2cccc(Br)c2o1. The average Bonchev–Trinajstić information content (AvgIpc) is 2.82. The molecule has 0 aliphatic carbocycles. The fraction of sp³-hybridized carbons (Fsp3) is 0.357. The van der Waals surface area contributed by atoms with E-state index in [0.717, 1.165) is 16.4 Å². The number of fused-ring (bicyclic) bond motifs is 1. The summed E-state index contributed by atoms with van der Waals surface area (Å²) in [6, 6.07) is 7.49. The molecular formula is C14H17BrN2O2. The lowest BCUT2D eigenvalue weighted by atomic mass is 10.2. The van der Waals surface area contributed by atoms with Crippen LogP contribution in [-0.2, 0) is 0 Å². The van der Waals surface area contributed by atoms with Gasteiger partial charge in [0.2, 0.25) is 0 Å². The minimum absolute atomic E-state index is 0.175. The van der Waals surface area contributed by atoms with Crippen molar-refractivity contribution in [1.82, 2.24) is 10.6 Å². The van der Waals surface area contributed by atoms with Gasteiger partial charge in [0.25, 0.3) is 5.91 Å². The van der Waals surface area contributed by atoms with Gasteiger partial charge < -0.3 is 15.1 Å². The molecule has 0 aliphatic rings. The molecule has 2 rings (SSSR count). The van der Waals surface area contributed by atoms with Gasteiger partial charge in [-0.15, -0.1) is 0 Å². The molecule has 0 radical (unpaired) electrons. The maximum absolute atomic E-state index is 12.0. The Morgan fingerprint density at radius 1 is 1.42 bits per heavy atom. The third-order valence-electron chi connectivity index (χ3n) is 2.88. The van der Waals surface area contributed by atoms with E-state index in [1.54, 1.807) is 6.07 Å². The van der Waals surface area contributed by atoms with Gasteiger partial charge in [-0.05, 0) is 47.6 Å². The Balaban J connectivity index is 2.07. The molecule has 1 unspecified atom stereocenters. The summed E-state index contributed by atoms with van der Waals surface area (Å²) in [4.78, 5) is 12.0. The molecule has 102 valence electrons. The Bertz CT molecular complexity index is 580. The van der Waals surface area contributed by atoms with Crippen LogP contribution in [-0.4, -0.2) is 26.0 Å². The maximum atomic E-state index is 12.0. The van der Waals surface area contributed by atoms with Crippen molar-refractivity contribution in [3.05, 3.63) is 34.5 Å². The second-order valence-corrected chi connectivity index (χ2v) is 5.50. The summed E-state index contributed by atoms with van der Waals surface area (Å²) >= 11 is 3.41. The number of hydrogen-bond donors (Lipinski definition) is 2. The molecule has 1 aromatic carbocycles. The zero-order chi connectivity index (χ0) is 13.8. The molecule has 1 heterocycles. The summed E-state index contributed by atoms with van der Waals surface area (Å²) in [6.45, 7) is 3.57. The van der Waals surface area contributed by atoms with Crippen molar-refractivity contribution in [2.75, 3.05) is 20.1 Å². The van der Waals surface area contributed by atoms with Crippen LogP contribution in [0.2, 0.25) is 0 Å². The topological polar surface area (TPSA) is 54.3 Å². The zero-order valence-electron chi connectivity index (χ0n) is 11.0. The van der Waals surface area contributed by atoms with Crippen LogP contribution in [0.5, 0.6) is 0 Å². The highest BCUT2D eigenvalue weighted by molar-refractivity contribution is 9.10. The minimum atomic E-state index is -0.175. The number of carbonyl (C=O) groups is 1. The maximum Gasteiger partial charge on any atom is 0.287 e. The Morgan fingerprint density at radius 3 is 2.89 bits per heavy atom. The standard InChI is InChI=1S/C14H17BrN2O2/c1-9(7-16-2)8-17-14(18)12-6-10-4-3-5-11(15)13(10)19-12/h3-6,9,16H,7-8H2,1-2H3,(H,17,18). The van der Waals surface area contributed by atoms with Crippen molar-refractivity contribution in [3.63, 3.8) is 0 Å². The Kier molecular flexibility index (Phi) is 4.61. The number of halogens is 1. The highest BCUT2D eigenvalue weighted by Crippen LogP contribution is 2.26. The fourth-order valence-electron chi connectivity index (χ4n) is 1.91. The van der Waals surface area contributed by atoms with Crippen LogP contribution < -0.4 is 10.6 Å². The van der Waals surface area contributed by atoms with Crippen LogP contribution in [0.3, 0.4) is 0 Å². The van der Waals surface area contributed by atoms with Crippen LogP contribution in [0.1, 0.15) is 17.5 Å². The van der Waals surface area contributed by atoms with Crippen LogP contribution in [0, 0.1) is 5.92 Å². The van der Waals surface area contributed by atoms with E-state index < -0.39 is 0 Å². The van der Waals surface area contributed by atoms with E-state index >= 15 is 0 Å². The predicted molar refractivity (Wildman–Crippen MR) is 79.3 cm³/mol. The normalized spacial score (nSPS) is 12.6. The van der Waals surface area contributed by atoms with Crippen LogP contribution in [0.4, 0.5) is 0 Å². The number of nitrogens with one attached hydrogen (secondary N) is 2. The van der Waals surface area contributed by atoms with Gasteiger partial charge in [0.1, 0.15) is 5.58 Å². The molecular weight excluding hydrogens is 308 g/mol. The summed E-state index contributed by atoms with van der Waals surface area (Å²) in [5.41, 5.74) is 0.705. The Labute approximate surface area is 120 Å². The lowest BCUT2D eigenvalue weighted by Crippen LogP contribution is -2.31. The van der Waals surface area contributed by atoms with Crippen LogP contribution in [0.15, 0.2) is 33.2 Å². The summed E-state index contributed by atoms with van der Waals surface area (Å²) in [6.07, 6.45) is 0. The molecule has 0 saturated heterocycles. The van der Waals surface area contributed by atoms with E-state index in [1.165, 1.54) is 0 Å². The van der Waals surface area contributed by atoms with E-state index in [4.69, 9.17) is 4.42 Å². The van der Waals surface area contributed by atoms with Crippen molar-refractivity contribution < 1.29 is 9.21 Å². The van der Waals surface area contributed by atoms with Gasteiger partial charge in [-0.2, -0.15) is 0 Å². The summed E-state index contributed by atoms with van der Waals surface area (Å²) in [7, 11) is 1.90. The molecule has 2 N–H and O–H groups in total. The molecule has 1 atom stereocenters. The minimum Gasteiger partial charge on any atom is -0.450 e. The second kappa shape index (κ2) is 6.21. The van der Waals surface area contributed by atoms with Crippen molar-refractivity contribution in [3.8, 4) is 0 Å². The number of amides is 1. The fourth-order valence-corrected chi connectivity index (χ4v) is 2.38. The lowest BCUT2D eigenvalue weighted by Gasteiger charge is -2.10. The van der Waals surface area contributed by atoms with Crippen LogP contribution >= 0.6 is 15.9 Å². The van der Waals surface area contributed by atoms with Gasteiger partial charge in [0.15, 0.2) is 5.76 Å². The number of para-hydroxylation sites is 1. The smallest absolute Gasteiger partial charge is 0.287 e. The molecule has 0 spiro atoms. The van der Waals surface area contributed by atoms with Gasteiger partial charge in [-0.3, -0.25) is 4.79 Å². The third-order valence-corrected chi connectivity index (χ3v) is 3.51. The van der Waals surface area contributed by atoms with Crippen molar-refractivity contribution in [1.29, 1.82) is 0 Å². The third kappa shape index (κ3) is 3.36. The van der Waals surface area contributed by atoms with E-state index in [1.807, 2.05) is 25.2 Å². The monoisotopic (exact) mass is 324 g/mol. The van der Waals surface area contributed by atoms with E-state index in [9.17, 15) is 4.79 Å². The number of hydrogen-bond acceptors (Lipinski definition) is 3. The van der Waals surface area contributed by atoms with Gasteiger partial charge in [0.05, 0.1) is 4.47 Å². The number of benzene rings is 1. The van der Waals surface area contributed by atoms with E-state index in [-0.39, 0.29) is 5.91 Å². The first-order valence-electron chi connectivity index (χ1n) is 6.22. The van der Waals surface area contributed by atoms with Gasteiger partial charge in [-0.25, -0.2) is 0 Å². The number of furan rings is 1. The first kappa shape index (κ1) is 14.1. The van der Waals surface area contributed by atoms with Crippen molar-refractivity contribution in [2.45, 2.75) is 6.92 Å². The Hall–Kier alpha value is -1.33. The average molecular weight is 325 g/mol. The zero-order valence-corrected chi connectivity index (χ0v) is 12.6. The largest absolute Gasteiger partial charge is 0.450 e. The number of rotatable bonds is 5. The predicted octanol–water partition coefficient (Wildman–Crippen LogP) is 2.78. The molecule has 1 aromatic heterocycles. The Morgan fingerprint density at radius 2 is 2.21 bits per heavy atom. The summed E-state index contributed by atoms with van der Waals surface area (Å²) in [5, 5.41) is 6.87.